The first kappa shape index (κ1) is 18.6. The Morgan fingerprint density at radius 1 is 1.32 bits per heavy atom. The van der Waals surface area contributed by atoms with Crippen molar-refractivity contribution in [2.45, 2.75) is 58.2 Å². The Bertz CT molecular complexity index is 399. The fourth-order valence-corrected chi connectivity index (χ4v) is 5.18. The van der Waals surface area contributed by atoms with Crippen molar-refractivity contribution in [1.82, 2.24) is 10.6 Å². The maximum absolute atomic E-state index is 5.89. The smallest absolute Gasteiger partial charge is 0.191 e. The van der Waals surface area contributed by atoms with Crippen LogP contribution >= 0.6 is 35.7 Å². The van der Waals surface area contributed by atoms with E-state index in [1.807, 2.05) is 0 Å². The molecule has 128 valence electrons. The first-order valence-corrected chi connectivity index (χ1v) is 9.55. The molecule has 0 spiro atoms. The van der Waals surface area contributed by atoms with Gasteiger partial charge in [-0.05, 0) is 31.9 Å². The Morgan fingerprint density at radius 2 is 2.14 bits per heavy atom. The zero-order chi connectivity index (χ0) is 14.9. The third kappa shape index (κ3) is 3.69. The van der Waals surface area contributed by atoms with Gasteiger partial charge in [0, 0.05) is 42.3 Å². The van der Waals surface area contributed by atoms with E-state index < -0.39 is 0 Å². The zero-order valence-electron chi connectivity index (χ0n) is 13.9. The Morgan fingerprint density at radius 3 is 2.82 bits per heavy atom. The van der Waals surface area contributed by atoms with Crippen LogP contribution in [0, 0.1) is 11.3 Å². The predicted molar refractivity (Wildman–Crippen MR) is 105 cm³/mol. The molecule has 3 fully saturated rings. The van der Waals surface area contributed by atoms with Crippen LogP contribution in [0.4, 0.5) is 0 Å². The zero-order valence-corrected chi connectivity index (χ0v) is 17.1. The molecule has 2 N–H and O–H groups in total. The molecule has 22 heavy (non-hydrogen) atoms. The van der Waals surface area contributed by atoms with Crippen LogP contribution < -0.4 is 10.6 Å². The highest BCUT2D eigenvalue weighted by Gasteiger charge is 2.59. The van der Waals surface area contributed by atoms with Crippen LogP contribution in [-0.2, 0) is 4.74 Å². The number of fused-ring (bicyclic) bond motifs is 1. The summed E-state index contributed by atoms with van der Waals surface area (Å²) >= 11 is 2.05. The van der Waals surface area contributed by atoms with E-state index in [2.05, 4.69) is 48.2 Å². The second-order valence-electron chi connectivity index (χ2n) is 7.07. The van der Waals surface area contributed by atoms with Crippen molar-refractivity contribution in [2.75, 3.05) is 24.7 Å². The lowest BCUT2D eigenvalue weighted by molar-refractivity contribution is -0.106. The SMILES string of the molecule is CCN=C(NC1CCCSC1)NC1C2CCOC2C1(C)C.I. The summed E-state index contributed by atoms with van der Waals surface area (Å²) in [6, 6.07) is 1.06. The number of rotatable bonds is 3. The van der Waals surface area contributed by atoms with E-state index in [9.17, 15) is 0 Å². The van der Waals surface area contributed by atoms with Crippen LogP contribution in [0.5, 0.6) is 0 Å². The van der Waals surface area contributed by atoms with E-state index in [1.165, 1.54) is 30.8 Å². The molecule has 4 atom stereocenters. The van der Waals surface area contributed by atoms with E-state index >= 15 is 0 Å². The van der Waals surface area contributed by atoms with Gasteiger partial charge >= 0.3 is 0 Å². The minimum absolute atomic E-state index is 0. The lowest BCUT2D eigenvalue weighted by Crippen LogP contribution is -2.68. The minimum atomic E-state index is 0. The third-order valence-electron chi connectivity index (χ3n) is 5.21. The van der Waals surface area contributed by atoms with Crippen molar-refractivity contribution in [3.63, 3.8) is 0 Å². The Kier molecular flexibility index (Phi) is 6.71. The summed E-state index contributed by atoms with van der Waals surface area (Å²) in [6.45, 7) is 8.48. The summed E-state index contributed by atoms with van der Waals surface area (Å²) in [5.74, 6) is 4.17. The monoisotopic (exact) mass is 439 g/mol. The Hall–Kier alpha value is 0.310. The van der Waals surface area contributed by atoms with E-state index in [0.29, 0.717) is 24.1 Å². The minimum Gasteiger partial charge on any atom is -0.377 e. The van der Waals surface area contributed by atoms with Gasteiger partial charge in [-0.1, -0.05) is 13.8 Å². The van der Waals surface area contributed by atoms with Gasteiger partial charge in [-0.3, -0.25) is 4.99 Å². The van der Waals surface area contributed by atoms with Gasteiger partial charge in [-0.15, -0.1) is 24.0 Å². The molecule has 2 aliphatic heterocycles. The molecular weight excluding hydrogens is 409 g/mol. The van der Waals surface area contributed by atoms with Gasteiger partial charge in [0.1, 0.15) is 0 Å². The highest BCUT2D eigenvalue weighted by Crippen LogP contribution is 2.52. The van der Waals surface area contributed by atoms with Crippen LogP contribution in [0.15, 0.2) is 4.99 Å². The van der Waals surface area contributed by atoms with E-state index in [0.717, 1.165) is 19.1 Å². The summed E-state index contributed by atoms with van der Waals surface area (Å²) < 4.78 is 5.89. The average molecular weight is 439 g/mol. The summed E-state index contributed by atoms with van der Waals surface area (Å²) in [4.78, 5) is 4.66. The molecule has 2 heterocycles. The Balaban J connectivity index is 0.00000176. The van der Waals surface area contributed by atoms with Crippen molar-refractivity contribution in [1.29, 1.82) is 0 Å². The maximum Gasteiger partial charge on any atom is 0.191 e. The fourth-order valence-electron chi connectivity index (χ4n) is 4.10. The van der Waals surface area contributed by atoms with Gasteiger partial charge in [0.05, 0.1) is 6.10 Å². The van der Waals surface area contributed by atoms with Crippen LogP contribution in [0.2, 0.25) is 0 Å². The quantitative estimate of drug-likeness (QED) is 0.404. The highest BCUT2D eigenvalue weighted by atomic mass is 127. The molecular formula is C16H30IN3OS. The van der Waals surface area contributed by atoms with E-state index in [1.54, 1.807) is 0 Å². The van der Waals surface area contributed by atoms with Crippen molar-refractivity contribution in [3.05, 3.63) is 0 Å². The first-order chi connectivity index (χ1) is 10.1. The summed E-state index contributed by atoms with van der Waals surface area (Å²) in [5, 5.41) is 7.36. The molecule has 1 saturated carbocycles. The number of aliphatic imine (C=N–C) groups is 1. The fraction of sp³-hybridized carbons (Fsp3) is 0.938. The van der Waals surface area contributed by atoms with E-state index in [-0.39, 0.29) is 29.4 Å². The second-order valence-corrected chi connectivity index (χ2v) is 8.22. The summed E-state index contributed by atoms with van der Waals surface area (Å²) in [7, 11) is 0. The van der Waals surface area contributed by atoms with Gasteiger partial charge in [0.25, 0.3) is 0 Å². The van der Waals surface area contributed by atoms with Crippen molar-refractivity contribution in [2.24, 2.45) is 16.3 Å². The largest absolute Gasteiger partial charge is 0.377 e. The number of nitrogens with zero attached hydrogens (tertiary/aromatic N) is 1. The molecule has 1 aliphatic carbocycles. The summed E-state index contributed by atoms with van der Waals surface area (Å²) in [5.41, 5.74) is 0.207. The first-order valence-electron chi connectivity index (χ1n) is 8.39. The molecule has 2 saturated heterocycles. The number of hydrogen-bond donors (Lipinski definition) is 2. The molecule has 6 heteroatoms. The molecule has 3 aliphatic rings. The predicted octanol–water partition coefficient (Wildman–Crippen LogP) is 2.87. The molecule has 0 bridgehead atoms. The number of ether oxygens (including phenoxy) is 1. The van der Waals surface area contributed by atoms with Gasteiger partial charge in [-0.2, -0.15) is 11.8 Å². The van der Waals surface area contributed by atoms with E-state index in [4.69, 9.17) is 4.74 Å². The van der Waals surface area contributed by atoms with Gasteiger partial charge in [-0.25, -0.2) is 0 Å². The van der Waals surface area contributed by atoms with Crippen molar-refractivity contribution in [3.8, 4) is 0 Å². The molecule has 4 nitrogen and oxygen atoms in total. The second kappa shape index (κ2) is 7.92. The number of thioether (sulfide) groups is 1. The molecule has 0 radical (unpaired) electrons. The van der Waals surface area contributed by atoms with Crippen LogP contribution in [0.25, 0.3) is 0 Å². The highest BCUT2D eigenvalue weighted by molar-refractivity contribution is 14.0. The molecule has 4 unspecified atom stereocenters. The lowest BCUT2D eigenvalue weighted by Gasteiger charge is -2.55. The van der Waals surface area contributed by atoms with Gasteiger partial charge in [0.15, 0.2) is 5.96 Å². The molecule has 0 aromatic heterocycles. The molecule has 0 amide bonds. The normalized spacial score (nSPS) is 36.8. The van der Waals surface area contributed by atoms with Crippen LogP contribution in [0.1, 0.15) is 40.0 Å². The number of guanidine groups is 1. The van der Waals surface area contributed by atoms with Crippen molar-refractivity contribution < 1.29 is 4.74 Å². The number of nitrogens with one attached hydrogen (secondary N) is 2. The van der Waals surface area contributed by atoms with Crippen molar-refractivity contribution >= 4 is 41.7 Å². The van der Waals surface area contributed by atoms with Gasteiger partial charge in [0.2, 0.25) is 0 Å². The van der Waals surface area contributed by atoms with Crippen LogP contribution in [0.3, 0.4) is 0 Å². The molecule has 0 aromatic carbocycles. The summed E-state index contributed by atoms with van der Waals surface area (Å²) in [6.07, 6.45) is 4.20. The standard InChI is InChI=1S/C16H29N3OS.HI/c1-4-17-15(18-11-6-5-9-21-10-11)19-13-12-7-8-20-14(12)16(13,2)3;/h11-14H,4-10H2,1-3H3,(H2,17,18,19);1H. The Labute approximate surface area is 156 Å². The number of hydrogen-bond acceptors (Lipinski definition) is 3. The molecule has 0 aromatic rings. The maximum atomic E-state index is 5.89. The topological polar surface area (TPSA) is 45.7 Å². The average Bonchev–Trinajstić information content (AvgIpc) is 2.93. The lowest BCUT2D eigenvalue weighted by atomic mass is 9.57. The van der Waals surface area contributed by atoms with Crippen LogP contribution in [-0.4, -0.2) is 48.8 Å². The number of halogens is 1. The van der Waals surface area contributed by atoms with Gasteiger partial charge < -0.3 is 15.4 Å². The molecule has 3 rings (SSSR count). The third-order valence-corrected chi connectivity index (χ3v) is 6.43.